The predicted octanol–water partition coefficient (Wildman–Crippen LogP) is 2.31. The first-order valence-electron chi connectivity index (χ1n) is 9.16. The second-order valence-electron chi connectivity index (χ2n) is 6.56. The van der Waals surface area contributed by atoms with E-state index in [4.69, 9.17) is 23.2 Å². The first-order chi connectivity index (χ1) is 13.9. The van der Waals surface area contributed by atoms with Gasteiger partial charge in [-0.15, -0.1) is 0 Å². The number of carbonyl (C=O) groups is 3. The molecule has 29 heavy (non-hydrogen) atoms. The van der Waals surface area contributed by atoms with Gasteiger partial charge < -0.3 is 15.5 Å². The summed E-state index contributed by atoms with van der Waals surface area (Å²) in [5.41, 5.74) is 2.50. The summed E-state index contributed by atoms with van der Waals surface area (Å²) in [5, 5.41) is 6.13. The van der Waals surface area contributed by atoms with Gasteiger partial charge in [-0.2, -0.15) is 0 Å². The number of aryl methyl sites for hydroxylation is 1. The van der Waals surface area contributed by atoms with Crippen LogP contribution < -0.4 is 10.6 Å². The molecule has 3 rings (SSSR count). The van der Waals surface area contributed by atoms with E-state index in [-0.39, 0.29) is 30.8 Å². The summed E-state index contributed by atoms with van der Waals surface area (Å²) >= 11 is 12.0. The summed E-state index contributed by atoms with van der Waals surface area (Å²) in [7, 11) is 0. The molecular weight excluding hydrogens is 415 g/mol. The highest BCUT2D eigenvalue weighted by molar-refractivity contribution is 6.42. The van der Waals surface area contributed by atoms with Crippen LogP contribution in [0.4, 0.5) is 0 Å². The maximum atomic E-state index is 12.7. The fraction of sp³-hybridized carbons (Fsp3) is 0.300. The third kappa shape index (κ3) is 5.05. The van der Waals surface area contributed by atoms with Crippen molar-refractivity contribution >= 4 is 40.9 Å². The molecule has 0 bridgehead atoms. The standard InChI is InChI=1S/C20H20Cl2N4O3/c1-2-12-9-24-17(13-3-4-15(21)16(22)7-13)8-14(12)20(29)25-10-19(28)26-6-5-23-18(27)11-26/h3-4,7-9H,2,5-6,10-11H2,1H3,(H,23,27)(H,25,29). The Hall–Kier alpha value is -2.64. The third-order valence-corrected chi connectivity index (χ3v) is 5.36. The molecule has 0 radical (unpaired) electrons. The van der Waals surface area contributed by atoms with Gasteiger partial charge in [0, 0.05) is 30.4 Å². The Morgan fingerprint density at radius 2 is 2.03 bits per heavy atom. The third-order valence-electron chi connectivity index (χ3n) is 4.62. The lowest BCUT2D eigenvalue weighted by Gasteiger charge is -2.26. The molecule has 2 heterocycles. The molecule has 1 aliphatic rings. The second-order valence-corrected chi connectivity index (χ2v) is 7.37. The number of benzene rings is 1. The van der Waals surface area contributed by atoms with Crippen molar-refractivity contribution in [3.63, 3.8) is 0 Å². The van der Waals surface area contributed by atoms with Crippen molar-refractivity contribution in [2.75, 3.05) is 26.2 Å². The minimum atomic E-state index is -0.375. The van der Waals surface area contributed by atoms with Crippen LogP contribution in [0.5, 0.6) is 0 Å². The van der Waals surface area contributed by atoms with Crippen molar-refractivity contribution in [2.24, 2.45) is 0 Å². The average molecular weight is 435 g/mol. The van der Waals surface area contributed by atoms with E-state index in [9.17, 15) is 14.4 Å². The SMILES string of the molecule is CCc1cnc(-c2ccc(Cl)c(Cl)c2)cc1C(=O)NCC(=O)N1CCNC(=O)C1. The maximum absolute atomic E-state index is 12.7. The molecule has 1 saturated heterocycles. The zero-order valence-corrected chi connectivity index (χ0v) is 17.3. The minimum Gasteiger partial charge on any atom is -0.353 e. The molecule has 152 valence electrons. The second kappa shape index (κ2) is 9.24. The summed E-state index contributed by atoms with van der Waals surface area (Å²) in [6, 6.07) is 6.80. The fourth-order valence-corrected chi connectivity index (χ4v) is 3.30. The van der Waals surface area contributed by atoms with Crippen molar-refractivity contribution in [1.82, 2.24) is 20.5 Å². The molecule has 0 saturated carbocycles. The van der Waals surface area contributed by atoms with Gasteiger partial charge in [0.25, 0.3) is 5.91 Å². The van der Waals surface area contributed by atoms with Crippen LogP contribution in [-0.2, 0) is 16.0 Å². The highest BCUT2D eigenvalue weighted by Gasteiger charge is 2.22. The monoisotopic (exact) mass is 434 g/mol. The van der Waals surface area contributed by atoms with Crippen LogP contribution in [0.2, 0.25) is 10.0 Å². The number of pyridine rings is 1. The van der Waals surface area contributed by atoms with Gasteiger partial charge in [0.15, 0.2) is 0 Å². The molecule has 2 aromatic rings. The fourth-order valence-electron chi connectivity index (χ4n) is 3.00. The first kappa shape index (κ1) is 21.1. The Morgan fingerprint density at radius 3 is 2.72 bits per heavy atom. The van der Waals surface area contributed by atoms with E-state index >= 15 is 0 Å². The first-order valence-corrected chi connectivity index (χ1v) is 9.91. The quantitative estimate of drug-likeness (QED) is 0.754. The van der Waals surface area contributed by atoms with Crippen molar-refractivity contribution < 1.29 is 14.4 Å². The van der Waals surface area contributed by atoms with E-state index in [1.54, 1.807) is 30.5 Å². The summed E-state index contributed by atoms with van der Waals surface area (Å²) in [5.74, 6) is -0.880. The molecule has 2 N–H and O–H groups in total. The number of aromatic nitrogens is 1. The van der Waals surface area contributed by atoms with E-state index in [1.807, 2.05) is 6.92 Å². The molecule has 3 amide bonds. The van der Waals surface area contributed by atoms with Crippen molar-refractivity contribution in [2.45, 2.75) is 13.3 Å². The summed E-state index contributed by atoms with van der Waals surface area (Å²) in [4.78, 5) is 42.3. The summed E-state index contributed by atoms with van der Waals surface area (Å²) in [6.45, 7) is 2.59. The Morgan fingerprint density at radius 1 is 1.24 bits per heavy atom. The van der Waals surface area contributed by atoms with Gasteiger partial charge in [-0.25, -0.2) is 0 Å². The molecule has 0 atom stereocenters. The summed E-state index contributed by atoms with van der Waals surface area (Å²) < 4.78 is 0. The zero-order valence-electron chi connectivity index (χ0n) is 15.8. The van der Waals surface area contributed by atoms with Gasteiger partial charge in [-0.3, -0.25) is 19.4 Å². The van der Waals surface area contributed by atoms with Crippen LogP contribution in [0.3, 0.4) is 0 Å². The number of hydrogen-bond donors (Lipinski definition) is 2. The van der Waals surface area contributed by atoms with Gasteiger partial charge in [-0.1, -0.05) is 36.2 Å². The number of amides is 3. The highest BCUT2D eigenvalue weighted by atomic mass is 35.5. The van der Waals surface area contributed by atoms with Gasteiger partial charge in [0.2, 0.25) is 11.8 Å². The van der Waals surface area contributed by atoms with Crippen molar-refractivity contribution in [3.8, 4) is 11.3 Å². The lowest BCUT2D eigenvalue weighted by Crippen LogP contribution is -2.52. The van der Waals surface area contributed by atoms with Gasteiger partial charge in [0.05, 0.1) is 28.8 Å². The predicted molar refractivity (Wildman–Crippen MR) is 111 cm³/mol. The largest absolute Gasteiger partial charge is 0.353 e. The molecular formula is C20H20Cl2N4O3. The van der Waals surface area contributed by atoms with Crippen LogP contribution in [0.15, 0.2) is 30.5 Å². The van der Waals surface area contributed by atoms with E-state index in [1.165, 1.54) is 4.90 Å². The van der Waals surface area contributed by atoms with Crippen LogP contribution >= 0.6 is 23.2 Å². The molecule has 1 aromatic carbocycles. The number of halogens is 2. The Bertz CT molecular complexity index is 965. The number of rotatable bonds is 5. The van der Waals surface area contributed by atoms with E-state index < -0.39 is 0 Å². The van der Waals surface area contributed by atoms with Crippen LogP contribution in [-0.4, -0.2) is 53.8 Å². The minimum absolute atomic E-state index is 0.00560. The molecule has 1 fully saturated rings. The van der Waals surface area contributed by atoms with E-state index in [0.29, 0.717) is 40.8 Å². The van der Waals surface area contributed by atoms with Crippen molar-refractivity contribution in [3.05, 3.63) is 51.6 Å². The average Bonchev–Trinajstić information content (AvgIpc) is 2.73. The topological polar surface area (TPSA) is 91.4 Å². The normalized spacial score (nSPS) is 13.8. The Labute approximate surface area is 178 Å². The highest BCUT2D eigenvalue weighted by Crippen LogP contribution is 2.28. The van der Waals surface area contributed by atoms with Crippen LogP contribution in [0, 0.1) is 0 Å². The number of carbonyl (C=O) groups excluding carboxylic acids is 3. The van der Waals surface area contributed by atoms with Gasteiger partial charge >= 0.3 is 0 Å². The maximum Gasteiger partial charge on any atom is 0.252 e. The molecule has 9 heteroatoms. The van der Waals surface area contributed by atoms with E-state index in [0.717, 1.165) is 11.1 Å². The smallest absolute Gasteiger partial charge is 0.252 e. The molecule has 0 unspecified atom stereocenters. The molecule has 1 aromatic heterocycles. The lowest BCUT2D eigenvalue weighted by molar-refractivity contribution is -0.137. The lowest BCUT2D eigenvalue weighted by atomic mass is 10.0. The van der Waals surface area contributed by atoms with Gasteiger partial charge in [0.1, 0.15) is 0 Å². The molecule has 7 nitrogen and oxygen atoms in total. The molecule has 1 aliphatic heterocycles. The summed E-state index contributed by atoms with van der Waals surface area (Å²) in [6.07, 6.45) is 2.25. The number of hydrogen-bond acceptors (Lipinski definition) is 4. The number of piperazine rings is 1. The van der Waals surface area contributed by atoms with Crippen LogP contribution in [0.25, 0.3) is 11.3 Å². The van der Waals surface area contributed by atoms with Crippen LogP contribution in [0.1, 0.15) is 22.8 Å². The zero-order chi connectivity index (χ0) is 21.0. The number of nitrogens with one attached hydrogen (secondary N) is 2. The Balaban J connectivity index is 1.75. The number of nitrogens with zero attached hydrogens (tertiary/aromatic N) is 2. The van der Waals surface area contributed by atoms with Crippen molar-refractivity contribution in [1.29, 1.82) is 0 Å². The Kier molecular flexibility index (Phi) is 6.71. The van der Waals surface area contributed by atoms with E-state index in [2.05, 4.69) is 15.6 Å². The molecule has 0 spiro atoms. The van der Waals surface area contributed by atoms with Gasteiger partial charge in [-0.05, 0) is 30.2 Å². The molecule has 0 aliphatic carbocycles.